The summed E-state index contributed by atoms with van der Waals surface area (Å²) < 4.78 is 0. The van der Waals surface area contributed by atoms with Gasteiger partial charge in [0.2, 0.25) is 0 Å². The molecule has 0 radical (unpaired) electrons. The zero-order valence-corrected chi connectivity index (χ0v) is 6.51. The average Bonchev–Trinajstić information content (AvgIpc) is 1.85. The van der Waals surface area contributed by atoms with Crippen molar-refractivity contribution in [1.82, 2.24) is 0 Å². The SMILES string of the molecule is CC1=C(C)S[C@H](C)C1. The van der Waals surface area contributed by atoms with E-state index in [0.29, 0.717) is 0 Å². The number of hydrogen-bond donors (Lipinski definition) is 0. The van der Waals surface area contributed by atoms with E-state index in [2.05, 4.69) is 20.8 Å². The molecule has 1 aliphatic rings. The van der Waals surface area contributed by atoms with E-state index in [9.17, 15) is 0 Å². The highest BCUT2D eigenvalue weighted by molar-refractivity contribution is 8.03. The Bertz CT molecular complexity index is 110. The molecule has 0 fully saturated rings. The smallest absolute Gasteiger partial charge is 0.0100 e. The summed E-state index contributed by atoms with van der Waals surface area (Å²) in [5.74, 6) is 0. The monoisotopic (exact) mass is 128 g/mol. The molecule has 0 aromatic rings. The van der Waals surface area contributed by atoms with Gasteiger partial charge in [-0.2, -0.15) is 0 Å². The fourth-order valence-electron chi connectivity index (χ4n) is 1.02. The van der Waals surface area contributed by atoms with E-state index in [-0.39, 0.29) is 0 Å². The lowest BCUT2D eigenvalue weighted by Gasteiger charge is -1.95. The summed E-state index contributed by atoms with van der Waals surface area (Å²) in [6, 6.07) is 0. The Morgan fingerprint density at radius 3 is 2.25 bits per heavy atom. The highest BCUT2D eigenvalue weighted by Crippen LogP contribution is 2.36. The van der Waals surface area contributed by atoms with Crippen LogP contribution in [0.3, 0.4) is 0 Å². The third kappa shape index (κ3) is 1.08. The van der Waals surface area contributed by atoms with Gasteiger partial charge in [0.1, 0.15) is 0 Å². The summed E-state index contributed by atoms with van der Waals surface area (Å²) in [5, 5.41) is 0.843. The van der Waals surface area contributed by atoms with Gasteiger partial charge in [-0.05, 0) is 25.2 Å². The third-order valence-electron chi connectivity index (χ3n) is 1.57. The summed E-state index contributed by atoms with van der Waals surface area (Å²) in [6.45, 7) is 6.72. The van der Waals surface area contributed by atoms with Crippen LogP contribution in [0.25, 0.3) is 0 Å². The average molecular weight is 128 g/mol. The zero-order valence-electron chi connectivity index (χ0n) is 5.69. The van der Waals surface area contributed by atoms with E-state index >= 15 is 0 Å². The topological polar surface area (TPSA) is 0 Å². The second-order valence-electron chi connectivity index (χ2n) is 2.47. The first-order valence-electron chi connectivity index (χ1n) is 3.03. The molecule has 0 nitrogen and oxygen atoms in total. The van der Waals surface area contributed by atoms with Gasteiger partial charge in [0.05, 0.1) is 0 Å². The minimum Gasteiger partial charge on any atom is -0.128 e. The van der Waals surface area contributed by atoms with Gasteiger partial charge in [-0.25, -0.2) is 0 Å². The molecule has 46 valence electrons. The molecule has 0 N–H and O–H groups in total. The molecular weight excluding hydrogens is 116 g/mol. The van der Waals surface area contributed by atoms with Gasteiger partial charge >= 0.3 is 0 Å². The summed E-state index contributed by atoms with van der Waals surface area (Å²) in [7, 11) is 0. The van der Waals surface area contributed by atoms with Crippen molar-refractivity contribution >= 4 is 11.8 Å². The van der Waals surface area contributed by atoms with E-state index in [1.807, 2.05) is 11.8 Å². The molecule has 0 unspecified atom stereocenters. The van der Waals surface area contributed by atoms with Crippen molar-refractivity contribution in [2.75, 3.05) is 0 Å². The van der Waals surface area contributed by atoms with Crippen molar-refractivity contribution in [3.8, 4) is 0 Å². The van der Waals surface area contributed by atoms with Crippen LogP contribution in [0.4, 0.5) is 0 Å². The number of thioether (sulfide) groups is 1. The maximum atomic E-state index is 2.28. The normalized spacial score (nSPS) is 29.6. The quantitative estimate of drug-likeness (QED) is 0.483. The molecule has 0 aromatic heterocycles. The molecule has 1 aliphatic heterocycles. The number of rotatable bonds is 0. The molecule has 8 heavy (non-hydrogen) atoms. The Morgan fingerprint density at radius 2 is 2.12 bits per heavy atom. The van der Waals surface area contributed by atoms with Gasteiger partial charge in [-0.3, -0.25) is 0 Å². The van der Waals surface area contributed by atoms with E-state index in [1.165, 1.54) is 11.3 Å². The van der Waals surface area contributed by atoms with Crippen LogP contribution in [0.1, 0.15) is 27.2 Å². The Balaban J connectivity index is 2.60. The van der Waals surface area contributed by atoms with Gasteiger partial charge in [-0.15, -0.1) is 11.8 Å². The lowest BCUT2D eigenvalue weighted by Crippen LogP contribution is -1.85. The standard InChI is InChI=1S/C7H12S/c1-5-4-6(2)8-7(5)3/h6H,4H2,1-3H3/t6-/m1/s1. The maximum Gasteiger partial charge on any atom is 0.0100 e. The van der Waals surface area contributed by atoms with Gasteiger partial charge in [0, 0.05) is 5.25 Å². The van der Waals surface area contributed by atoms with Crippen molar-refractivity contribution in [1.29, 1.82) is 0 Å². The number of allylic oxidation sites excluding steroid dienone is 2. The van der Waals surface area contributed by atoms with Gasteiger partial charge in [-0.1, -0.05) is 12.5 Å². The Labute approximate surface area is 55.4 Å². The maximum absolute atomic E-state index is 2.28. The van der Waals surface area contributed by atoms with Crippen molar-refractivity contribution in [2.24, 2.45) is 0 Å². The van der Waals surface area contributed by atoms with Crippen molar-refractivity contribution in [3.63, 3.8) is 0 Å². The molecule has 0 saturated carbocycles. The molecule has 1 rings (SSSR count). The molecule has 0 bridgehead atoms. The van der Waals surface area contributed by atoms with Crippen molar-refractivity contribution in [2.45, 2.75) is 32.4 Å². The molecule has 0 aromatic carbocycles. The Hall–Kier alpha value is 0.0900. The largest absolute Gasteiger partial charge is 0.128 e. The summed E-state index contributed by atoms with van der Waals surface area (Å²) in [4.78, 5) is 1.54. The molecule has 0 spiro atoms. The first-order chi connectivity index (χ1) is 3.70. The molecule has 1 heterocycles. The van der Waals surface area contributed by atoms with Crippen LogP contribution in [-0.2, 0) is 0 Å². The Morgan fingerprint density at radius 1 is 1.50 bits per heavy atom. The minimum atomic E-state index is 0.843. The van der Waals surface area contributed by atoms with Gasteiger partial charge in [0.25, 0.3) is 0 Å². The van der Waals surface area contributed by atoms with E-state index < -0.39 is 0 Å². The van der Waals surface area contributed by atoms with Gasteiger partial charge < -0.3 is 0 Å². The second kappa shape index (κ2) is 2.14. The van der Waals surface area contributed by atoms with E-state index in [1.54, 1.807) is 5.57 Å². The lowest BCUT2D eigenvalue weighted by molar-refractivity contribution is 0.946. The Kier molecular flexibility index (Phi) is 1.66. The van der Waals surface area contributed by atoms with Crippen LogP contribution in [0, 0.1) is 0 Å². The highest BCUT2D eigenvalue weighted by Gasteiger charge is 2.13. The van der Waals surface area contributed by atoms with Crippen LogP contribution in [0.15, 0.2) is 10.5 Å². The highest BCUT2D eigenvalue weighted by atomic mass is 32.2. The van der Waals surface area contributed by atoms with Gasteiger partial charge in [0.15, 0.2) is 0 Å². The van der Waals surface area contributed by atoms with E-state index in [0.717, 1.165) is 5.25 Å². The molecule has 1 heteroatoms. The molecular formula is C7H12S. The predicted molar refractivity (Wildman–Crippen MR) is 40.0 cm³/mol. The molecule has 1 atom stereocenters. The summed E-state index contributed by atoms with van der Waals surface area (Å²) in [5.41, 5.74) is 1.59. The fraction of sp³-hybridized carbons (Fsp3) is 0.714. The van der Waals surface area contributed by atoms with Crippen LogP contribution in [0.2, 0.25) is 0 Å². The van der Waals surface area contributed by atoms with E-state index in [4.69, 9.17) is 0 Å². The first kappa shape index (κ1) is 6.21. The van der Waals surface area contributed by atoms with Crippen molar-refractivity contribution < 1.29 is 0 Å². The fourth-order valence-corrected chi connectivity index (χ4v) is 2.24. The first-order valence-corrected chi connectivity index (χ1v) is 3.91. The summed E-state index contributed by atoms with van der Waals surface area (Å²) in [6.07, 6.45) is 1.30. The molecule has 0 amide bonds. The van der Waals surface area contributed by atoms with Crippen LogP contribution >= 0.6 is 11.8 Å². The number of hydrogen-bond acceptors (Lipinski definition) is 1. The molecule has 0 saturated heterocycles. The van der Waals surface area contributed by atoms with Crippen LogP contribution < -0.4 is 0 Å². The zero-order chi connectivity index (χ0) is 6.15. The lowest BCUT2D eigenvalue weighted by atomic mass is 10.2. The minimum absolute atomic E-state index is 0.843. The van der Waals surface area contributed by atoms with Crippen molar-refractivity contribution in [3.05, 3.63) is 10.5 Å². The predicted octanol–water partition coefficient (Wildman–Crippen LogP) is 2.81. The van der Waals surface area contributed by atoms with Crippen LogP contribution in [0.5, 0.6) is 0 Å². The molecule has 0 aliphatic carbocycles. The summed E-state index contributed by atoms with van der Waals surface area (Å²) >= 11 is 2.01. The second-order valence-corrected chi connectivity index (χ2v) is 4.12. The third-order valence-corrected chi connectivity index (χ3v) is 2.84. The van der Waals surface area contributed by atoms with Crippen LogP contribution in [-0.4, -0.2) is 5.25 Å².